The van der Waals surface area contributed by atoms with Gasteiger partial charge >= 0.3 is 6.03 Å². The molecule has 8 nitrogen and oxygen atoms in total. The standard InChI is InChI=1S/C17H26N4O4S/c1-4-18-26(24,25)15-7-5-14(6-8-15)19-16(22)13-9-11-21(12-10-13)17(23)20(2)3/h5-8,13,18H,4,9-12H2,1-3H3,(H,19,22). The predicted octanol–water partition coefficient (Wildman–Crippen LogP) is 1.32. The lowest BCUT2D eigenvalue weighted by Crippen LogP contribution is -2.45. The van der Waals surface area contributed by atoms with Crippen molar-refractivity contribution in [3.05, 3.63) is 24.3 Å². The van der Waals surface area contributed by atoms with E-state index in [-0.39, 0.29) is 22.8 Å². The Balaban J connectivity index is 1.92. The van der Waals surface area contributed by atoms with E-state index in [4.69, 9.17) is 0 Å². The lowest BCUT2D eigenvalue weighted by Gasteiger charge is -2.33. The molecule has 0 aliphatic carbocycles. The van der Waals surface area contributed by atoms with Gasteiger partial charge in [-0.1, -0.05) is 6.92 Å². The molecule has 1 aromatic carbocycles. The number of benzene rings is 1. The van der Waals surface area contributed by atoms with Crippen LogP contribution in [0.2, 0.25) is 0 Å². The number of urea groups is 1. The molecule has 1 aromatic rings. The Kier molecular flexibility index (Phi) is 6.60. The van der Waals surface area contributed by atoms with Crippen LogP contribution in [0.1, 0.15) is 19.8 Å². The van der Waals surface area contributed by atoms with Crippen molar-refractivity contribution in [2.45, 2.75) is 24.7 Å². The second-order valence-corrected chi connectivity index (χ2v) is 8.22. The summed E-state index contributed by atoms with van der Waals surface area (Å²) in [4.78, 5) is 27.8. The first-order valence-corrected chi connectivity index (χ1v) is 10.1. The van der Waals surface area contributed by atoms with Crippen molar-refractivity contribution in [3.63, 3.8) is 0 Å². The van der Waals surface area contributed by atoms with Crippen molar-refractivity contribution < 1.29 is 18.0 Å². The van der Waals surface area contributed by atoms with Crippen molar-refractivity contribution >= 4 is 27.6 Å². The Morgan fingerprint density at radius 1 is 1.15 bits per heavy atom. The van der Waals surface area contributed by atoms with Gasteiger partial charge in [-0.2, -0.15) is 0 Å². The Morgan fingerprint density at radius 3 is 2.23 bits per heavy atom. The zero-order valence-electron chi connectivity index (χ0n) is 15.4. The third kappa shape index (κ3) is 4.95. The third-order valence-corrected chi connectivity index (χ3v) is 5.85. The second kappa shape index (κ2) is 8.50. The van der Waals surface area contributed by atoms with Gasteiger partial charge in [-0.05, 0) is 37.1 Å². The maximum Gasteiger partial charge on any atom is 0.319 e. The molecule has 3 amide bonds. The lowest BCUT2D eigenvalue weighted by molar-refractivity contribution is -0.121. The number of hydrogen-bond acceptors (Lipinski definition) is 4. The van der Waals surface area contributed by atoms with Crippen LogP contribution in [-0.4, -0.2) is 63.9 Å². The number of rotatable bonds is 5. The van der Waals surface area contributed by atoms with E-state index in [1.807, 2.05) is 0 Å². The monoisotopic (exact) mass is 382 g/mol. The van der Waals surface area contributed by atoms with Crippen LogP contribution >= 0.6 is 0 Å². The number of amides is 3. The molecule has 0 radical (unpaired) electrons. The maximum absolute atomic E-state index is 12.4. The highest BCUT2D eigenvalue weighted by molar-refractivity contribution is 7.89. The smallest absolute Gasteiger partial charge is 0.319 e. The fourth-order valence-electron chi connectivity index (χ4n) is 2.85. The van der Waals surface area contributed by atoms with Gasteiger partial charge in [-0.25, -0.2) is 17.9 Å². The fourth-order valence-corrected chi connectivity index (χ4v) is 3.89. The molecule has 0 atom stereocenters. The normalized spacial score (nSPS) is 15.6. The number of nitrogens with zero attached hydrogens (tertiary/aromatic N) is 2. The molecule has 0 saturated carbocycles. The molecule has 2 N–H and O–H groups in total. The van der Waals surface area contributed by atoms with Crippen molar-refractivity contribution in [2.24, 2.45) is 5.92 Å². The molecule has 1 saturated heterocycles. The molecular formula is C17H26N4O4S. The third-order valence-electron chi connectivity index (χ3n) is 4.29. The summed E-state index contributed by atoms with van der Waals surface area (Å²) < 4.78 is 26.2. The first-order chi connectivity index (χ1) is 12.2. The van der Waals surface area contributed by atoms with Gasteiger partial charge in [-0.15, -0.1) is 0 Å². The second-order valence-electron chi connectivity index (χ2n) is 6.45. The molecule has 0 aromatic heterocycles. The minimum Gasteiger partial charge on any atom is -0.331 e. The van der Waals surface area contributed by atoms with E-state index >= 15 is 0 Å². The van der Waals surface area contributed by atoms with Gasteiger partial charge in [0.25, 0.3) is 0 Å². The lowest BCUT2D eigenvalue weighted by atomic mass is 9.96. The van der Waals surface area contributed by atoms with Gasteiger partial charge in [0.2, 0.25) is 15.9 Å². The largest absolute Gasteiger partial charge is 0.331 e. The molecule has 1 fully saturated rings. The van der Waals surface area contributed by atoms with E-state index < -0.39 is 10.0 Å². The van der Waals surface area contributed by atoms with E-state index in [1.54, 1.807) is 38.1 Å². The SMILES string of the molecule is CCNS(=O)(=O)c1ccc(NC(=O)C2CCN(C(=O)N(C)C)CC2)cc1. The average Bonchev–Trinajstić information content (AvgIpc) is 2.61. The van der Waals surface area contributed by atoms with Gasteiger partial charge in [0, 0.05) is 45.3 Å². The van der Waals surface area contributed by atoms with Crippen LogP contribution in [0.3, 0.4) is 0 Å². The zero-order valence-corrected chi connectivity index (χ0v) is 16.2. The molecule has 26 heavy (non-hydrogen) atoms. The van der Waals surface area contributed by atoms with Crippen LogP contribution in [-0.2, 0) is 14.8 Å². The summed E-state index contributed by atoms with van der Waals surface area (Å²) in [5, 5.41) is 2.82. The summed E-state index contributed by atoms with van der Waals surface area (Å²) in [5.74, 6) is -0.268. The van der Waals surface area contributed by atoms with Crippen LogP contribution < -0.4 is 10.0 Å². The molecular weight excluding hydrogens is 356 g/mol. The summed E-state index contributed by atoms with van der Waals surface area (Å²) in [6.07, 6.45) is 1.22. The number of piperidine rings is 1. The highest BCUT2D eigenvalue weighted by Gasteiger charge is 2.28. The highest BCUT2D eigenvalue weighted by Crippen LogP contribution is 2.21. The minimum atomic E-state index is -3.50. The number of hydrogen-bond donors (Lipinski definition) is 2. The molecule has 1 aliphatic heterocycles. The van der Waals surface area contributed by atoms with Crippen molar-refractivity contribution in [2.75, 3.05) is 39.0 Å². The number of carbonyl (C=O) groups is 2. The number of carbonyl (C=O) groups excluding carboxylic acids is 2. The van der Waals surface area contributed by atoms with Crippen LogP contribution in [0.4, 0.5) is 10.5 Å². The fraction of sp³-hybridized carbons (Fsp3) is 0.529. The molecule has 2 rings (SSSR count). The predicted molar refractivity (Wildman–Crippen MR) is 99.3 cm³/mol. The van der Waals surface area contributed by atoms with Crippen molar-refractivity contribution in [1.82, 2.24) is 14.5 Å². The summed E-state index contributed by atoms with van der Waals surface area (Å²) in [6, 6.07) is 6.04. The molecule has 0 spiro atoms. The minimum absolute atomic E-state index is 0.0404. The van der Waals surface area contributed by atoms with E-state index in [0.29, 0.717) is 38.2 Å². The summed E-state index contributed by atoms with van der Waals surface area (Å²) >= 11 is 0. The van der Waals surface area contributed by atoms with Gasteiger partial charge in [0.15, 0.2) is 0 Å². The van der Waals surface area contributed by atoms with Crippen LogP contribution in [0.25, 0.3) is 0 Å². The molecule has 0 bridgehead atoms. The van der Waals surface area contributed by atoms with Gasteiger partial charge in [0.05, 0.1) is 4.90 Å². The number of anilines is 1. The first kappa shape index (κ1) is 20.2. The molecule has 1 heterocycles. The average molecular weight is 382 g/mol. The molecule has 9 heteroatoms. The Morgan fingerprint density at radius 2 is 1.73 bits per heavy atom. The summed E-state index contributed by atoms with van der Waals surface area (Å²) in [5.41, 5.74) is 0.553. The van der Waals surface area contributed by atoms with Crippen LogP contribution in [0, 0.1) is 5.92 Å². The van der Waals surface area contributed by atoms with E-state index in [2.05, 4.69) is 10.0 Å². The van der Waals surface area contributed by atoms with Gasteiger partial charge in [-0.3, -0.25) is 4.79 Å². The van der Waals surface area contributed by atoms with Gasteiger partial charge < -0.3 is 15.1 Å². The molecule has 1 aliphatic rings. The van der Waals surface area contributed by atoms with Crippen molar-refractivity contribution in [1.29, 1.82) is 0 Å². The van der Waals surface area contributed by atoms with Crippen LogP contribution in [0.5, 0.6) is 0 Å². The first-order valence-electron chi connectivity index (χ1n) is 8.61. The summed E-state index contributed by atoms with van der Waals surface area (Å²) in [7, 11) is -0.0829. The topological polar surface area (TPSA) is 98.8 Å². The Bertz CT molecular complexity index is 739. The Hall–Kier alpha value is -2.13. The van der Waals surface area contributed by atoms with E-state index in [9.17, 15) is 18.0 Å². The molecule has 144 valence electrons. The van der Waals surface area contributed by atoms with E-state index in [0.717, 1.165) is 0 Å². The summed E-state index contributed by atoms with van der Waals surface area (Å²) in [6.45, 7) is 3.13. The maximum atomic E-state index is 12.4. The number of sulfonamides is 1. The zero-order chi connectivity index (χ0) is 19.3. The highest BCUT2D eigenvalue weighted by atomic mass is 32.2. The van der Waals surface area contributed by atoms with E-state index in [1.165, 1.54) is 17.0 Å². The molecule has 0 unspecified atom stereocenters. The quantitative estimate of drug-likeness (QED) is 0.802. The number of likely N-dealkylation sites (tertiary alicyclic amines) is 1. The van der Waals surface area contributed by atoms with Crippen molar-refractivity contribution in [3.8, 4) is 0 Å². The number of nitrogens with one attached hydrogen (secondary N) is 2. The Labute approximate surface area is 154 Å². The van der Waals surface area contributed by atoms with Gasteiger partial charge in [0.1, 0.15) is 0 Å². The van der Waals surface area contributed by atoms with Crippen LogP contribution in [0.15, 0.2) is 29.2 Å².